The van der Waals surface area contributed by atoms with Crippen molar-refractivity contribution in [3.05, 3.63) is 12.2 Å². The van der Waals surface area contributed by atoms with Crippen molar-refractivity contribution >= 4 is 0 Å². The molecule has 132 valence electrons. The van der Waals surface area contributed by atoms with Gasteiger partial charge in [-0.2, -0.15) is 8.78 Å². The van der Waals surface area contributed by atoms with Crippen molar-refractivity contribution < 1.29 is 13.5 Å². The topological polar surface area (TPSA) is 9.23 Å². The minimum Gasteiger partial charge on any atom is -0.316 e. The highest BCUT2D eigenvalue weighted by molar-refractivity contribution is 4.99. The van der Waals surface area contributed by atoms with Crippen LogP contribution in [0.5, 0.6) is 0 Å². The van der Waals surface area contributed by atoms with Gasteiger partial charge in [-0.1, -0.05) is 38.3 Å². The van der Waals surface area contributed by atoms with Crippen LogP contribution in [-0.2, 0) is 4.74 Å². The van der Waals surface area contributed by atoms with Crippen LogP contribution < -0.4 is 0 Å². The highest BCUT2D eigenvalue weighted by atomic mass is 19.3. The molecular formula is C20H32F2O. The summed E-state index contributed by atoms with van der Waals surface area (Å²) in [7, 11) is 0. The van der Waals surface area contributed by atoms with Gasteiger partial charge in [-0.3, -0.25) is 0 Å². The lowest BCUT2D eigenvalue weighted by Crippen LogP contribution is -2.61. The van der Waals surface area contributed by atoms with Gasteiger partial charge in [-0.15, -0.1) is 0 Å². The van der Waals surface area contributed by atoms with Gasteiger partial charge in [-0.25, -0.2) is 0 Å². The largest absolute Gasteiger partial charge is 0.361 e. The number of hydrogen-bond acceptors (Lipinski definition) is 1. The van der Waals surface area contributed by atoms with Crippen molar-refractivity contribution in [2.75, 3.05) is 0 Å². The maximum Gasteiger partial charge on any atom is 0.361 e. The van der Waals surface area contributed by atoms with Crippen molar-refractivity contribution in [2.24, 2.45) is 29.6 Å². The Morgan fingerprint density at radius 2 is 1.57 bits per heavy atom. The van der Waals surface area contributed by atoms with Crippen molar-refractivity contribution in [3.8, 4) is 0 Å². The third-order valence-electron chi connectivity index (χ3n) is 6.76. The Morgan fingerprint density at radius 3 is 2.09 bits per heavy atom. The number of rotatable bonds is 4. The van der Waals surface area contributed by atoms with Crippen LogP contribution in [0.3, 0.4) is 0 Å². The lowest BCUT2D eigenvalue weighted by molar-refractivity contribution is -0.418. The molecule has 2 aliphatic carbocycles. The molecule has 0 aromatic carbocycles. The van der Waals surface area contributed by atoms with Crippen LogP contribution in [0.1, 0.15) is 71.6 Å². The zero-order chi connectivity index (χ0) is 16.4. The first-order valence-corrected chi connectivity index (χ1v) is 9.73. The predicted octanol–water partition coefficient (Wildman–Crippen LogP) is 6.19. The summed E-state index contributed by atoms with van der Waals surface area (Å²) < 4.78 is 33.4. The van der Waals surface area contributed by atoms with Crippen LogP contribution in [0, 0.1) is 29.6 Å². The molecule has 2 atom stereocenters. The Balaban J connectivity index is 1.58. The second kappa shape index (κ2) is 7.21. The summed E-state index contributed by atoms with van der Waals surface area (Å²) in [5.41, 5.74) is 0. The van der Waals surface area contributed by atoms with Crippen LogP contribution in [0.4, 0.5) is 8.78 Å². The fraction of sp³-hybridized carbons (Fsp3) is 0.900. The maximum atomic E-state index is 14.1. The SMILES string of the molecule is C/C=C/C1CCC([C@H]2[C@H](C3CCC(CC)CC3)OC2(F)F)CC1. The zero-order valence-corrected chi connectivity index (χ0v) is 14.6. The van der Waals surface area contributed by atoms with Crippen molar-refractivity contribution in [1.29, 1.82) is 0 Å². The lowest BCUT2D eigenvalue weighted by Gasteiger charge is -2.53. The van der Waals surface area contributed by atoms with E-state index in [9.17, 15) is 8.78 Å². The van der Waals surface area contributed by atoms with Crippen molar-refractivity contribution in [1.82, 2.24) is 0 Å². The van der Waals surface area contributed by atoms with Gasteiger partial charge in [0.05, 0.1) is 12.0 Å². The average Bonchev–Trinajstić information content (AvgIpc) is 2.55. The van der Waals surface area contributed by atoms with E-state index in [-0.39, 0.29) is 12.0 Å². The van der Waals surface area contributed by atoms with E-state index in [0.717, 1.165) is 44.4 Å². The van der Waals surface area contributed by atoms with E-state index in [1.54, 1.807) is 0 Å². The van der Waals surface area contributed by atoms with Crippen LogP contribution in [-0.4, -0.2) is 12.2 Å². The lowest BCUT2D eigenvalue weighted by atomic mass is 9.66. The predicted molar refractivity (Wildman–Crippen MR) is 89.3 cm³/mol. The minimum atomic E-state index is -2.87. The molecule has 1 saturated heterocycles. The highest BCUT2D eigenvalue weighted by Crippen LogP contribution is 2.55. The second-order valence-electron chi connectivity index (χ2n) is 8.06. The van der Waals surface area contributed by atoms with Gasteiger partial charge < -0.3 is 4.74 Å². The van der Waals surface area contributed by atoms with Gasteiger partial charge in [0.2, 0.25) is 0 Å². The Kier molecular flexibility index (Phi) is 5.45. The fourth-order valence-corrected chi connectivity index (χ4v) is 5.28. The minimum absolute atomic E-state index is 0.161. The Morgan fingerprint density at radius 1 is 0.957 bits per heavy atom. The van der Waals surface area contributed by atoms with Crippen molar-refractivity contribution in [3.63, 3.8) is 0 Å². The third-order valence-corrected chi connectivity index (χ3v) is 6.76. The Bertz CT molecular complexity index is 404. The van der Waals surface area contributed by atoms with Gasteiger partial charge in [-0.05, 0) is 69.1 Å². The monoisotopic (exact) mass is 326 g/mol. The van der Waals surface area contributed by atoms with Crippen LogP contribution in [0.2, 0.25) is 0 Å². The van der Waals surface area contributed by atoms with Crippen LogP contribution in [0.15, 0.2) is 12.2 Å². The van der Waals surface area contributed by atoms with E-state index in [0.29, 0.717) is 11.8 Å². The molecule has 0 bridgehead atoms. The zero-order valence-electron chi connectivity index (χ0n) is 14.6. The molecule has 1 heterocycles. The summed E-state index contributed by atoms with van der Waals surface area (Å²) in [5, 5.41) is 0. The van der Waals surface area contributed by atoms with Crippen LogP contribution in [0.25, 0.3) is 0 Å². The summed E-state index contributed by atoms with van der Waals surface area (Å²) in [6.45, 7) is 4.29. The van der Waals surface area contributed by atoms with E-state index < -0.39 is 12.0 Å². The molecule has 0 aromatic rings. The standard InChI is InChI=1S/C20H32F2O/c1-3-5-15-8-10-16(11-9-15)18-19(23-20(18,21)22)17-12-6-14(4-2)7-13-17/h3,5,14-19H,4,6-13H2,1-2H3/b5-3+/t14?,15?,16?,17?,18-,19-/m0/s1. The molecular weight excluding hydrogens is 294 g/mol. The van der Waals surface area contributed by atoms with E-state index >= 15 is 0 Å². The maximum absolute atomic E-state index is 14.1. The normalized spacial score (nSPS) is 44.2. The molecule has 0 radical (unpaired) electrons. The molecule has 1 aliphatic heterocycles. The van der Waals surface area contributed by atoms with Gasteiger partial charge >= 0.3 is 6.11 Å². The number of alkyl halides is 2. The quantitative estimate of drug-likeness (QED) is 0.559. The molecule has 3 aliphatic rings. The summed E-state index contributed by atoms with van der Waals surface area (Å²) in [5.74, 6) is 1.42. The van der Waals surface area contributed by atoms with Gasteiger partial charge in [0.1, 0.15) is 0 Å². The molecule has 2 saturated carbocycles. The van der Waals surface area contributed by atoms with Gasteiger partial charge in [0, 0.05) is 0 Å². The van der Waals surface area contributed by atoms with Crippen molar-refractivity contribution in [2.45, 2.75) is 83.8 Å². The van der Waals surface area contributed by atoms with E-state index in [1.165, 1.54) is 19.3 Å². The van der Waals surface area contributed by atoms with E-state index in [1.807, 2.05) is 6.92 Å². The summed E-state index contributed by atoms with van der Waals surface area (Å²) in [6, 6.07) is 0. The Hall–Kier alpha value is -0.440. The molecule has 3 rings (SSSR count). The molecule has 0 amide bonds. The van der Waals surface area contributed by atoms with Gasteiger partial charge in [0.25, 0.3) is 0 Å². The molecule has 0 N–H and O–H groups in total. The molecule has 0 unspecified atom stereocenters. The summed E-state index contributed by atoms with van der Waals surface area (Å²) in [4.78, 5) is 0. The first-order valence-electron chi connectivity index (χ1n) is 9.73. The number of ether oxygens (including phenoxy) is 1. The number of halogens is 2. The highest BCUT2D eigenvalue weighted by Gasteiger charge is 2.62. The first kappa shape index (κ1) is 17.4. The van der Waals surface area contributed by atoms with Crippen LogP contribution >= 0.6 is 0 Å². The third kappa shape index (κ3) is 3.65. The summed E-state index contributed by atoms with van der Waals surface area (Å²) in [6.07, 6.45) is 11.1. The fourth-order valence-electron chi connectivity index (χ4n) is 5.28. The van der Waals surface area contributed by atoms with Gasteiger partial charge in [0.15, 0.2) is 0 Å². The average molecular weight is 326 g/mol. The molecule has 3 fully saturated rings. The number of hydrogen-bond donors (Lipinski definition) is 0. The Labute approximate surface area is 139 Å². The second-order valence-corrected chi connectivity index (χ2v) is 8.06. The first-order chi connectivity index (χ1) is 11.0. The molecule has 0 aromatic heterocycles. The van der Waals surface area contributed by atoms with E-state index in [2.05, 4.69) is 19.1 Å². The molecule has 23 heavy (non-hydrogen) atoms. The number of allylic oxidation sites excluding steroid dienone is 2. The van der Waals surface area contributed by atoms with E-state index in [4.69, 9.17) is 4.74 Å². The summed E-state index contributed by atoms with van der Waals surface area (Å²) >= 11 is 0. The molecule has 1 nitrogen and oxygen atoms in total. The molecule has 0 spiro atoms. The smallest absolute Gasteiger partial charge is 0.316 e. The molecule has 3 heteroatoms.